The van der Waals surface area contributed by atoms with Gasteiger partial charge in [0.05, 0.1) is 5.92 Å². The number of carboxylic acids is 1. The zero-order valence-electron chi connectivity index (χ0n) is 28.7. The average Bonchev–Trinajstić information content (AvgIpc) is 3.93. The van der Waals surface area contributed by atoms with Crippen LogP contribution >= 0.6 is 23.3 Å². The fourth-order valence-corrected chi connectivity index (χ4v) is 9.00. The van der Waals surface area contributed by atoms with Crippen molar-refractivity contribution >= 4 is 63.7 Å². The fourth-order valence-electron chi connectivity index (χ4n) is 7.03. The Morgan fingerprint density at radius 2 is 1.98 bits per heavy atom. The zero-order valence-corrected chi connectivity index (χ0v) is 30.3. The summed E-state index contributed by atoms with van der Waals surface area (Å²) in [5.74, 6) is -3.85. The molecule has 3 fully saturated rings. The van der Waals surface area contributed by atoms with Crippen LogP contribution in [0.25, 0.3) is 0 Å². The second-order valence-corrected chi connectivity index (χ2v) is 14.9. The molecule has 0 bridgehead atoms. The molecule has 5 heterocycles. The molecule has 2 unspecified atom stereocenters. The number of aliphatic carboxylic acids is 1. The highest BCUT2D eigenvalue weighted by Crippen LogP contribution is 2.56. The summed E-state index contributed by atoms with van der Waals surface area (Å²) < 4.78 is 18.8. The van der Waals surface area contributed by atoms with Gasteiger partial charge in [-0.3, -0.25) is 19.3 Å². The monoisotopic (exact) mass is 768 g/mol. The van der Waals surface area contributed by atoms with Crippen molar-refractivity contribution in [3.63, 3.8) is 0 Å². The Morgan fingerprint density at radius 1 is 1.19 bits per heavy atom. The molecular formula is C34H36N6O11S2. The molecule has 4 N–H and O–H groups in total. The number of ketones is 2. The number of carboxylic acid groups (broad SMARTS) is 1. The number of nitrogen functional groups attached to an aromatic ring is 1. The maximum absolute atomic E-state index is 13.5. The predicted molar refractivity (Wildman–Crippen MR) is 189 cm³/mol. The Bertz CT molecular complexity index is 2060. The van der Waals surface area contributed by atoms with Crippen LogP contribution in [-0.2, 0) is 30.5 Å². The fraction of sp³-hybridized carbons (Fsp3) is 0.441. The van der Waals surface area contributed by atoms with Crippen LogP contribution in [0.5, 0.6) is 0 Å². The van der Waals surface area contributed by atoms with Gasteiger partial charge in [-0.1, -0.05) is 30.3 Å². The molecule has 2 aromatic heterocycles. The molecule has 1 saturated carbocycles. The van der Waals surface area contributed by atoms with Crippen LogP contribution in [0.4, 0.5) is 9.93 Å². The van der Waals surface area contributed by atoms with Gasteiger partial charge in [0.15, 0.2) is 34.8 Å². The van der Waals surface area contributed by atoms with Crippen LogP contribution < -0.4 is 11.6 Å². The predicted octanol–water partition coefficient (Wildman–Crippen LogP) is 3.44. The first kappa shape index (κ1) is 37.5. The van der Waals surface area contributed by atoms with E-state index in [1.165, 1.54) is 29.7 Å². The SMILES string of the molecule is CC[C@]12SCC(/C=C3\CCC(/C=C/C4CCN(C(=O)OCc5oc(=O)oc5C)C4)C3=O)=C(C(=O)O)N1C(=O)[C@H]2C/C=C/C(=O)/C(=N\O)c1nsc(N)n1. The Hall–Kier alpha value is -5.30. The summed E-state index contributed by atoms with van der Waals surface area (Å²) in [6, 6.07) is 0. The third-order valence-corrected chi connectivity index (χ3v) is 12.0. The van der Waals surface area contributed by atoms with Crippen LogP contribution in [0.15, 0.2) is 66.0 Å². The topological polar surface area (TPSA) is 249 Å². The van der Waals surface area contributed by atoms with E-state index in [1.807, 2.05) is 19.1 Å². The minimum absolute atomic E-state index is 0.00716. The van der Waals surface area contributed by atoms with E-state index in [0.717, 1.165) is 17.6 Å². The standard InChI is InChI=1S/C34H36N6O11S2/c1-3-34-22(5-4-6-23(41)25(37-48)28-36-31(35)53-38-28)29(43)40(34)26(30(44)45)21(16-52-34)13-20-10-9-19(27(20)42)8-7-18-11-12-39(14-18)32(46)49-15-24-17(2)50-33(47)51-24/h4,6-8,13,18-19,22,48H,3,5,9-12,14-16H2,1-2H3,(H,44,45)(H2,35,36,38)/b6-4+,8-7+,20-13+,37-25+/t18?,19?,22-,34-/m1/s1. The summed E-state index contributed by atoms with van der Waals surface area (Å²) in [5, 5.41) is 22.7. The van der Waals surface area contributed by atoms with Crippen LogP contribution in [0.1, 0.15) is 56.4 Å². The minimum Gasteiger partial charge on any atom is -0.477 e. The molecule has 3 aliphatic heterocycles. The number of hydrogen-bond acceptors (Lipinski definition) is 16. The summed E-state index contributed by atoms with van der Waals surface area (Å²) in [5.41, 5.74) is 5.86. The lowest BCUT2D eigenvalue weighted by molar-refractivity contribution is -0.160. The number of amides is 2. The number of rotatable bonds is 12. The minimum atomic E-state index is -1.28. The number of hydrogen-bond donors (Lipinski definition) is 3. The number of carbonyl (C=O) groups is 5. The molecule has 2 aromatic rings. The molecule has 19 heteroatoms. The summed E-state index contributed by atoms with van der Waals surface area (Å²) in [6.07, 6.45) is 9.69. The average molecular weight is 769 g/mol. The van der Waals surface area contributed by atoms with Crippen molar-refractivity contribution in [2.75, 3.05) is 24.6 Å². The van der Waals surface area contributed by atoms with E-state index < -0.39 is 52.0 Å². The molecule has 53 heavy (non-hydrogen) atoms. The number of Topliss-reactive ketones (excluding diaryl/α,β-unsaturated/α-hetero) is 1. The Morgan fingerprint density at radius 3 is 2.64 bits per heavy atom. The highest BCUT2D eigenvalue weighted by atomic mass is 32.2. The summed E-state index contributed by atoms with van der Waals surface area (Å²) >= 11 is 2.26. The summed E-state index contributed by atoms with van der Waals surface area (Å²) in [4.78, 5) is 81.8. The second-order valence-electron chi connectivity index (χ2n) is 12.8. The van der Waals surface area contributed by atoms with Gasteiger partial charge in [-0.25, -0.2) is 14.4 Å². The quantitative estimate of drug-likeness (QED) is 0.0699. The van der Waals surface area contributed by atoms with Gasteiger partial charge >= 0.3 is 17.9 Å². The van der Waals surface area contributed by atoms with Crippen LogP contribution in [0, 0.1) is 24.7 Å². The third kappa shape index (κ3) is 7.35. The maximum atomic E-state index is 13.5. The molecule has 4 atom stereocenters. The van der Waals surface area contributed by atoms with E-state index in [0.29, 0.717) is 49.9 Å². The molecule has 2 amide bonds. The van der Waals surface area contributed by atoms with Gasteiger partial charge in [0.2, 0.25) is 17.5 Å². The second kappa shape index (κ2) is 15.4. The molecule has 0 radical (unpaired) electrons. The number of thioether (sulfide) groups is 1. The van der Waals surface area contributed by atoms with Crippen molar-refractivity contribution in [3.8, 4) is 0 Å². The lowest BCUT2D eigenvalue weighted by Crippen LogP contribution is -2.70. The van der Waals surface area contributed by atoms with Gasteiger partial charge in [-0.05, 0) is 68.2 Å². The normalized spacial score (nSPS) is 25.6. The van der Waals surface area contributed by atoms with Crippen molar-refractivity contribution in [1.29, 1.82) is 0 Å². The van der Waals surface area contributed by atoms with Crippen molar-refractivity contribution in [1.82, 2.24) is 19.2 Å². The molecular weight excluding hydrogens is 733 g/mol. The van der Waals surface area contributed by atoms with Gasteiger partial charge in [0, 0.05) is 36.3 Å². The molecule has 1 aliphatic carbocycles. The maximum Gasteiger partial charge on any atom is 0.519 e. The van der Waals surface area contributed by atoms with Crippen molar-refractivity contribution in [2.24, 2.45) is 22.9 Å². The highest BCUT2D eigenvalue weighted by Gasteiger charge is 2.63. The Kier molecular flexibility index (Phi) is 10.9. The van der Waals surface area contributed by atoms with Gasteiger partial charge in [0.25, 0.3) is 0 Å². The van der Waals surface area contributed by atoms with E-state index in [2.05, 4.69) is 14.5 Å². The first-order valence-electron chi connectivity index (χ1n) is 16.8. The molecule has 2 saturated heterocycles. The Labute approximate surface area is 310 Å². The first-order valence-corrected chi connectivity index (χ1v) is 18.5. The Balaban J connectivity index is 1.08. The number of nitrogens with two attached hydrogens (primary N) is 1. The number of carbonyl (C=O) groups excluding carboxylic acids is 4. The largest absolute Gasteiger partial charge is 0.519 e. The molecule has 0 aromatic carbocycles. The van der Waals surface area contributed by atoms with Crippen molar-refractivity contribution < 1.29 is 47.9 Å². The van der Waals surface area contributed by atoms with Gasteiger partial charge < -0.3 is 34.5 Å². The molecule has 0 spiro atoms. The van der Waals surface area contributed by atoms with Crippen molar-refractivity contribution in [3.05, 3.63) is 75.2 Å². The number of aromatic nitrogens is 2. The van der Waals surface area contributed by atoms with E-state index in [1.54, 1.807) is 11.0 Å². The molecule has 17 nitrogen and oxygen atoms in total. The molecule has 280 valence electrons. The van der Waals surface area contributed by atoms with E-state index >= 15 is 0 Å². The number of fused-ring (bicyclic) bond motifs is 1. The van der Waals surface area contributed by atoms with Crippen LogP contribution in [0.2, 0.25) is 0 Å². The first-order chi connectivity index (χ1) is 25.4. The molecule has 6 rings (SSSR count). The zero-order chi connectivity index (χ0) is 38.0. The third-order valence-electron chi connectivity index (χ3n) is 9.77. The lowest BCUT2D eigenvalue weighted by atomic mass is 9.80. The lowest BCUT2D eigenvalue weighted by Gasteiger charge is -2.59. The van der Waals surface area contributed by atoms with Gasteiger partial charge in [-0.2, -0.15) is 9.36 Å². The summed E-state index contributed by atoms with van der Waals surface area (Å²) in [6.45, 7) is 4.02. The van der Waals surface area contributed by atoms with E-state index in [-0.39, 0.29) is 58.7 Å². The number of allylic oxidation sites excluding steroid dienone is 5. The number of nitrogens with zero attached hydrogens (tertiary/aromatic N) is 5. The van der Waals surface area contributed by atoms with Crippen molar-refractivity contribution in [2.45, 2.75) is 57.4 Å². The number of aryl methyl sites for hydroxylation is 1. The number of anilines is 1. The van der Waals surface area contributed by atoms with E-state index in [4.69, 9.17) is 19.3 Å². The number of ether oxygens (including phenoxy) is 1. The van der Waals surface area contributed by atoms with Crippen LogP contribution in [0.3, 0.4) is 0 Å². The molecule has 4 aliphatic rings. The van der Waals surface area contributed by atoms with Gasteiger partial charge in [-0.15, -0.1) is 11.8 Å². The number of β-lactam (4-membered cyclic amide) rings is 1. The number of oxime groups is 1. The van der Waals surface area contributed by atoms with E-state index in [9.17, 15) is 39.1 Å². The summed E-state index contributed by atoms with van der Waals surface area (Å²) in [7, 11) is 0. The smallest absolute Gasteiger partial charge is 0.477 e. The highest BCUT2D eigenvalue weighted by molar-refractivity contribution is 8.01. The number of likely N-dealkylation sites (tertiary alicyclic amines) is 1. The van der Waals surface area contributed by atoms with Crippen LogP contribution in [-0.4, -0.2) is 88.4 Å². The van der Waals surface area contributed by atoms with Gasteiger partial charge in [0.1, 0.15) is 10.6 Å².